The van der Waals surface area contributed by atoms with Gasteiger partial charge in [0.25, 0.3) is 11.1 Å². The lowest BCUT2D eigenvalue weighted by Crippen LogP contribution is -2.37. The zero-order chi connectivity index (χ0) is 21.5. The molecule has 1 saturated heterocycles. The van der Waals surface area contributed by atoms with E-state index in [0.29, 0.717) is 22.0 Å². The Morgan fingerprint density at radius 2 is 1.87 bits per heavy atom. The van der Waals surface area contributed by atoms with Crippen LogP contribution in [0.25, 0.3) is 6.08 Å². The summed E-state index contributed by atoms with van der Waals surface area (Å²) in [6, 6.07) is 14.6. The van der Waals surface area contributed by atoms with Crippen molar-refractivity contribution >= 4 is 34.9 Å². The van der Waals surface area contributed by atoms with Gasteiger partial charge in [-0.1, -0.05) is 30.3 Å². The van der Waals surface area contributed by atoms with Crippen LogP contribution in [0.4, 0.5) is 4.79 Å². The summed E-state index contributed by atoms with van der Waals surface area (Å²) in [5.74, 6) is 0.621. The Labute approximate surface area is 179 Å². The Balaban J connectivity index is 1.55. The molecule has 7 nitrogen and oxygen atoms in total. The second kappa shape index (κ2) is 9.98. The quantitative estimate of drug-likeness (QED) is 0.653. The highest BCUT2D eigenvalue weighted by Gasteiger charge is 2.34. The topological polar surface area (TPSA) is 84.9 Å². The molecule has 0 radical (unpaired) electrons. The minimum Gasteiger partial charge on any atom is -0.497 e. The number of carbonyl (C=O) groups excluding carboxylic acids is 3. The smallest absolute Gasteiger partial charge is 0.293 e. The predicted octanol–water partition coefficient (Wildman–Crippen LogP) is 3.10. The molecule has 2 aromatic rings. The van der Waals surface area contributed by atoms with Crippen LogP contribution >= 0.6 is 11.8 Å². The lowest BCUT2D eigenvalue weighted by Gasteiger charge is -2.14. The Kier molecular flexibility index (Phi) is 7.13. The van der Waals surface area contributed by atoms with Crippen molar-refractivity contribution in [2.45, 2.75) is 6.42 Å². The van der Waals surface area contributed by atoms with Gasteiger partial charge in [-0.05, 0) is 41.6 Å². The molecule has 1 aliphatic rings. The van der Waals surface area contributed by atoms with E-state index in [2.05, 4.69) is 5.32 Å². The third-order valence-corrected chi connectivity index (χ3v) is 5.37. The molecular formula is C22H22N2O5S. The molecule has 156 valence electrons. The second-order valence-corrected chi connectivity index (χ2v) is 7.44. The van der Waals surface area contributed by atoms with Crippen molar-refractivity contribution < 1.29 is 23.9 Å². The molecule has 0 aliphatic carbocycles. The number of nitrogens with zero attached hydrogens (tertiary/aromatic N) is 1. The van der Waals surface area contributed by atoms with E-state index >= 15 is 0 Å². The molecule has 0 bridgehead atoms. The number of carbonyl (C=O) groups is 3. The third kappa shape index (κ3) is 5.21. The SMILES string of the molecule is COc1ccc(OC)c(CC(=O)NCCN2C(=O)S/C(=C\c3ccccc3)C2=O)c1. The van der Waals surface area contributed by atoms with Crippen LogP contribution in [0.1, 0.15) is 11.1 Å². The van der Waals surface area contributed by atoms with Crippen LogP contribution in [0.3, 0.4) is 0 Å². The molecule has 3 rings (SSSR count). The van der Waals surface area contributed by atoms with E-state index < -0.39 is 0 Å². The molecule has 0 spiro atoms. The minimum atomic E-state index is -0.349. The second-order valence-electron chi connectivity index (χ2n) is 6.45. The normalized spacial score (nSPS) is 14.9. The molecule has 8 heteroatoms. The molecule has 3 amide bonds. The molecule has 0 saturated carbocycles. The first-order chi connectivity index (χ1) is 14.5. The van der Waals surface area contributed by atoms with Gasteiger partial charge < -0.3 is 14.8 Å². The standard InChI is InChI=1S/C22H22N2O5S/c1-28-17-8-9-18(29-2)16(13-17)14-20(25)23-10-11-24-21(26)19(30-22(24)27)12-15-6-4-3-5-7-15/h3-9,12-13H,10-11,14H2,1-2H3,(H,23,25)/b19-12-. The number of amides is 3. The third-order valence-electron chi connectivity index (χ3n) is 4.47. The average molecular weight is 426 g/mol. The highest BCUT2D eigenvalue weighted by Crippen LogP contribution is 2.31. The van der Waals surface area contributed by atoms with Gasteiger partial charge in [-0.2, -0.15) is 0 Å². The Bertz CT molecular complexity index is 975. The van der Waals surface area contributed by atoms with Gasteiger partial charge in [0, 0.05) is 18.7 Å². The van der Waals surface area contributed by atoms with Crippen molar-refractivity contribution in [1.29, 1.82) is 0 Å². The van der Waals surface area contributed by atoms with Crippen molar-refractivity contribution in [2.24, 2.45) is 0 Å². The molecule has 1 heterocycles. The van der Waals surface area contributed by atoms with Gasteiger partial charge in [0.15, 0.2) is 0 Å². The molecule has 1 aliphatic heterocycles. The summed E-state index contributed by atoms with van der Waals surface area (Å²) >= 11 is 0.903. The van der Waals surface area contributed by atoms with Crippen LogP contribution in [0.2, 0.25) is 0 Å². The predicted molar refractivity (Wildman–Crippen MR) is 115 cm³/mol. The fourth-order valence-electron chi connectivity index (χ4n) is 2.96. The van der Waals surface area contributed by atoms with Crippen LogP contribution in [-0.2, 0) is 16.0 Å². The Hall–Kier alpha value is -3.26. The molecule has 2 aromatic carbocycles. The number of hydrogen-bond donors (Lipinski definition) is 1. The first-order valence-electron chi connectivity index (χ1n) is 9.30. The van der Waals surface area contributed by atoms with E-state index in [0.717, 1.165) is 22.2 Å². The summed E-state index contributed by atoms with van der Waals surface area (Å²) in [5.41, 5.74) is 1.54. The van der Waals surface area contributed by atoms with E-state index in [9.17, 15) is 14.4 Å². The summed E-state index contributed by atoms with van der Waals surface area (Å²) < 4.78 is 10.5. The average Bonchev–Trinajstić information content (AvgIpc) is 3.01. The summed E-state index contributed by atoms with van der Waals surface area (Å²) in [6.07, 6.45) is 1.79. The van der Waals surface area contributed by atoms with Gasteiger partial charge in [0.05, 0.1) is 25.5 Å². The van der Waals surface area contributed by atoms with E-state index in [1.807, 2.05) is 30.3 Å². The fraction of sp³-hybridized carbons (Fsp3) is 0.227. The number of thioether (sulfide) groups is 1. The number of benzene rings is 2. The highest BCUT2D eigenvalue weighted by atomic mass is 32.2. The summed E-state index contributed by atoms with van der Waals surface area (Å²) in [6.45, 7) is 0.277. The molecule has 30 heavy (non-hydrogen) atoms. The van der Waals surface area contributed by atoms with Crippen molar-refractivity contribution in [3.05, 3.63) is 64.6 Å². The van der Waals surface area contributed by atoms with Gasteiger partial charge in [-0.3, -0.25) is 19.3 Å². The molecular weight excluding hydrogens is 404 g/mol. The summed E-state index contributed by atoms with van der Waals surface area (Å²) in [7, 11) is 3.08. The van der Waals surface area contributed by atoms with Crippen molar-refractivity contribution in [1.82, 2.24) is 10.2 Å². The summed E-state index contributed by atoms with van der Waals surface area (Å²) in [4.78, 5) is 38.5. The van der Waals surface area contributed by atoms with Crippen LogP contribution < -0.4 is 14.8 Å². The Morgan fingerprint density at radius 1 is 1.10 bits per heavy atom. The number of imide groups is 1. The maximum atomic E-state index is 12.5. The van der Waals surface area contributed by atoms with Crippen LogP contribution in [-0.4, -0.2) is 49.3 Å². The number of nitrogens with one attached hydrogen (secondary N) is 1. The first kappa shape index (κ1) is 21.4. The number of ether oxygens (including phenoxy) is 2. The molecule has 1 fully saturated rings. The Morgan fingerprint density at radius 3 is 2.57 bits per heavy atom. The maximum absolute atomic E-state index is 12.5. The van der Waals surface area contributed by atoms with E-state index in [1.54, 1.807) is 31.4 Å². The van der Waals surface area contributed by atoms with Crippen LogP contribution in [0.5, 0.6) is 11.5 Å². The number of rotatable bonds is 8. The minimum absolute atomic E-state index is 0.0934. The molecule has 1 N–H and O–H groups in total. The van der Waals surface area contributed by atoms with Gasteiger partial charge in [-0.25, -0.2) is 0 Å². The highest BCUT2D eigenvalue weighted by molar-refractivity contribution is 8.18. The van der Waals surface area contributed by atoms with Gasteiger partial charge in [0.2, 0.25) is 5.91 Å². The van der Waals surface area contributed by atoms with Crippen molar-refractivity contribution in [2.75, 3.05) is 27.3 Å². The number of methoxy groups -OCH3 is 2. The van der Waals surface area contributed by atoms with Crippen LogP contribution in [0.15, 0.2) is 53.4 Å². The van der Waals surface area contributed by atoms with E-state index in [4.69, 9.17) is 9.47 Å². The fourth-order valence-corrected chi connectivity index (χ4v) is 3.82. The monoisotopic (exact) mass is 426 g/mol. The lowest BCUT2D eigenvalue weighted by atomic mass is 10.1. The number of hydrogen-bond acceptors (Lipinski definition) is 6. The molecule has 0 unspecified atom stereocenters. The maximum Gasteiger partial charge on any atom is 0.293 e. The van der Waals surface area contributed by atoms with Gasteiger partial charge >= 0.3 is 0 Å². The zero-order valence-corrected chi connectivity index (χ0v) is 17.5. The van der Waals surface area contributed by atoms with Gasteiger partial charge in [0.1, 0.15) is 11.5 Å². The lowest BCUT2D eigenvalue weighted by molar-refractivity contribution is -0.124. The van der Waals surface area contributed by atoms with Gasteiger partial charge in [-0.15, -0.1) is 0 Å². The molecule has 0 aromatic heterocycles. The summed E-state index contributed by atoms with van der Waals surface area (Å²) in [5, 5.41) is 2.40. The van der Waals surface area contributed by atoms with Crippen molar-refractivity contribution in [3.8, 4) is 11.5 Å². The first-order valence-corrected chi connectivity index (χ1v) is 10.1. The largest absolute Gasteiger partial charge is 0.497 e. The van der Waals surface area contributed by atoms with Crippen molar-refractivity contribution in [3.63, 3.8) is 0 Å². The zero-order valence-electron chi connectivity index (χ0n) is 16.7. The van der Waals surface area contributed by atoms with E-state index in [-0.39, 0.29) is 36.6 Å². The van der Waals surface area contributed by atoms with Crippen LogP contribution in [0, 0.1) is 0 Å². The molecule has 0 atom stereocenters. The van der Waals surface area contributed by atoms with E-state index in [1.165, 1.54) is 7.11 Å².